The third-order valence-corrected chi connectivity index (χ3v) is 6.99. The zero-order valence-electron chi connectivity index (χ0n) is 16.6. The second kappa shape index (κ2) is 11.0. The van der Waals surface area contributed by atoms with Crippen LogP contribution in [0.25, 0.3) is 0 Å². The standard InChI is InChI=1S/C21H26Cl2N2O3S/c1-3-4-5-13-24-21(26)15-25(14-18-19(22)7-6-8-20(18)23)29(27,28)17-11-9-16(2)10-12-17/h6-12H,3-5,13-15H2,1-2H3,(H,24,26). The number of nitrogens with one attached hydrogen (secondary N) is 1. The lowest BCUT2D eigenvalue weighted by molar-refractivity contribution is -0.121. The zero-order valence-corrected chi connectivity index (χ0v) is 18.9. The molecule has 0 bridgehead atoms. The first-order valence-electron chi connectivity index (χ1n) is 9.52. The summed E-state index contributed by atoms with van der Waals surface area (Å²) in [6.07, 6.45) is 2.89. The fourth-order valence-electron chi connectivity index (χ4n) is 2.76. The van der Waals surface area contributed by atoms with Crippen LogP contribution in [0.3, 0.4) is 0 Å². The smallest absolute Gasteiger partial charge is 0.243 e. The Kier molecular flexibility index (Phi) is 8.96. The van der Waals surface area contributed by atoms with Crippen molar-refractivity contribution < 1.29 is 13.2 Å². The van der Waals surface area contributed by atoms with Gasteiger partial charge in [-0.05, 0) is 37.6 Å². The Hall–Kier alpha value is -1.60. The van der Waals surface area contributed by atoms with Crippen LogP contribution in [0.5, 0.6) is 0 Å². The predicted octanol–water partition coefficient (Wildman–Crippen LogP) is 4.80. The molecule has 0 unspecified atom stereocenters. The van der Waals surface area contributed by atoms with Crippen LogP contribution in [-0.4, -0.2) is 31.7 Å². The highest BCUT2D eigenvalue weighted by atomic mass is 35.5. The molecule has 0 aliphatic rings. The topological polar surface area (TPSA) is 66.5 Å². The lowest BCUT2D eigenvalue weighted by Gasteiger charge is -2.23. The van der Waals surface area contributed by atoms with Gasteiger partial charge in [0, 0.05) is 28.7 Å². The molecule has 2 rings (SSSR count). The van der Waals surface area contributed by atoms with E-state index in [4.69, 9.17) is 23.2 Å². The highest BCUT2D eigenvalue weighted by molar-refractivity contribution is 7.89. The molecule has 0 aliphatic carbocycles. The molecule has 0 spiro atoms. The molecule has 1 N–H and O–H groups in total. The molecule has 0 fully saturated rings. The van der Waals surface area contributed by atoms with E-state index in [1.165, 1.54) is 12.1 Å². The van der Waals surface area contributed by atoms with Crippen LogP contribution in [0.4, 0.5) is 0 Å². The average Bonchev–Trinajstić information content (AvgIpc) is 2.67. The zero-order chi connectivity index (χ0) is 21.4. The van der Waals surface area contributed by atoms with Crippen molar-refractivity contribution in [3.63, 3.8) is 0 Å². The lowest BCUT2D eigenvalue weighted by atomic mass is 10.2. The first-order valence-corrected chi connectivity index (χ1v) is 11.7. The number of amides is 1. The van der Waals surface area contributed by atoms with E-state index in [9.17, 15) is 13.2 Å². The fraction of sp³-hybridized carbons (Fsp3) is 0.381. The summed E-state index contributed by atoms with van der Waals surface area (Å²) in [5, 5.41) is 3.49. The largest absolute Gasteiger partial charge is 0.355 e. The summed E-state index contributed by atoms with van der Waals surface area (Å²) in [6.45, 7) is 4.05. The number of carbonyl (C=O) groups excluding carboxylic acids is 1. The Morgan fingerprint density at radius 3 is 2.24 bits per heavy atom. The maximum Gasteiger partial charge on any atom is 0.243 e. The van der Waals surface area contributed by atoms with Crippen molar-refractivity contribution in [1.29, 1.82) is 0 Å². The van der Waals surface area contributed by atoms with Crippen molar-refractivity contribution in [3.8, 4) is 0 Å². The number of unbranched alkanes of at least 4 members (excludes halogenated alkanes) is 2. The van der Waals surface area contributed by atoms with E-state index in [1.54, 1.807) is 30.3 Å². The van der Waals surface area contributed by atoms with Gasteiger partial charge in [-0.2, -0.15) is 4.31 Å². The van der Waals surface area contributed by atoms with Gasteiger partial charge in [0.1, 0.15) is 0 Å². The predicted molar refractivity (Wildman–Crippen MR) is 118 cm³/mol. The number of hydrogen-bond acceptors (Lipinski definition) is 3. The number of carbonyl (C=O) groups is 1. The molecule has 0 saturated heterocycles. The summed E-state index contributed by atoms with van der Waals surface area (Å²) in [4.78, 5) is 12.5. The van der Waals surface area contributed by atoms with Crippen molar-refractivity contribution in [1.82, 2.24) is 9.62 Å². The number of benzene rings is 2. The molecule has 1 amide bonds. The van der Waals surface area contributed by atoms with Crippen LogP contribution < -0.4 is 5.32 Å². The Bertz CT molecular complexity index is 911. The highest BCUT2D eigenvalue weighted by Gasteiger charge is 2.28. The molecule has 0 aromatic heterocycles. The summed E-state index contributed by atoms with van der Waals surface area (Å²) in [7, 11) is -3.92. The molecule has 2 aromatic carbocycles. The van der Waals surface area contributed by atoms with Gasteiger partial charge in [0.2, 0.25) is 15.9 Å². The number of halogens is 2. The number of nitrogens with zero attached hydrogens (tertiary/aromatic N) is 1. The van der Waals surface area contributed by atoms with Gasteiger partial charge in [-0.1, -0.05) is 66.7 Å². The first-order chi connectivity index (χ1) is 13.8. The second-order valence-electron chi connectivity index (χ2n) is 6.84. The van der Waals surface area contributed by atoms with Crippen LogP contribution in [0.15, 0.2) is 47.4 Å². The third kappa shape index (κ3) is 6.71. The van der Waals surface area contributed by atoms with Crippen molar-refractivity contribution in [3.05, 3.63) is 63.6 Å². The fourth-order valence-corrected chi connectivity index (χ4v) is 4.65. The van der Waals surface area contributed by atoms with E-state index in [2.05, 4.69) is 12.2 Å². The van der Waals surface area contributed by atoms with Gasteiger partial charge >= 0.3 is 0 Å². The number of rotatable bonds is 10. The Morgan fingerprint density at radius 2 is 1.66 bits per heavy atom. The van der Waals surface area contributed by atoms with E-state index in [0.29, 0.717) is 22.2 Å². The van der Waals surface area contributed by atoms with Crippen LogP contribution >= 0.6 is 23.2 Å². The highest BCUT2D eigenvalue weighted by Crippen LogP contribution is 2.28. The van der Waals surface area contributed by atoms with Gasteiger partial charge in [0.05, 0.1) is 11.4 Å². The van der Waals surface area contributed by atoms with E-state index >= 15 is 0 Å². The van der Waals surface area contributed by atoms with Crippen molar-refractivity contribution in [2.24, 2.45) is 0 Å². The SMILES string of the molecule is CCCCCNC(=O)CN(Cc1c(Cl)cccc1Cl)S(=O)(=O)c1ccc(C)cc1. The lowest BCUT2D eigenvalue weighted by Crippen LogP contribution is -2.40. The molecule has 5 nitrogen and oxygen atoms in total. The summed E-state index contributed by atoms with van der Waals surface area (Å²) in [5.41, 5.74) is 1.41. The van der Waals surface area contributed by atoms with Gasteiger partial charge in [-0.3, -0.25) is 4.79 Å². The monoisotopic (exact) mass is 456 g/mol. The Morgan fingerprint density at radius 1 is 1.03 bits per heavy atom. The molecule has 0 heterocycles. The summed E-state index contributed by atoms with van der Waals surface area (Å²) in [6, 6.07) is 11.5. The van der Waals surface area contributed by atoms with Gasteiger partial charge in [-0.15, -0.1) is 0 Å². The molecule has 2 aromatic rings. The minimum atomic E-state index is -3.92. The molecule has 8 heteroatoms. The van der Waals surface area contributed by atoms with Crippen molar-refractivity contribution in [2.75, 3.05) is 13.1 Å². The average molecular weight is 457 g/mol. The number of sulfonamides is 1. The van der Waals surface area contributed by atoms with Crippen LogP contribution in [-0.2, 0) is 21.4 Å². The quantitative estimate of drug-likeness (QED) is 0.522. The van der Waals surface area contributed by atoms with E-state index < -0.39 is 10.0 Å². The summed E-state index contributed by atoms with van der Waals surface area (Å²) >= 11 is 12.5. The molecule has 0 aliphatic heterocycles. The molecular weight excluding hydrogens is 431 g/mol. The van der Waals surface area contributed by atoms with E-state index in [1.807, 2.05) is 6.92 Å². The summed E-state index contributed by atoms with van der Waals surface area (Å²) < 4.78 is 27.6. The maximum atomic E-state index is 13.2. The van der Waals surface area contributed by atoms with Crippen LogP contribution in [0, 0.1) is 6.92 Å². The van der Waals surface area contributed by atoms with Gasteiger partial charge < -0.3 is 5.32 Å². The van der Waals surface area contributed by atoms with E-state index in [0.717, 1.165) is 29.1 Å². The molecule has 0 saturated carbocycles. The molecular formula is C21H26Cl2N2O3S. The summed E-state index contributed by atoms with van der Waals surface area (Å²) in [5.74, 6) is -0.361. The van der Waals surface area contributed by atoms with Gasteiger partial charge in [0.25, 0.3) is 0 Å². The van der Waals surface area contributed by atoms with Gasteiger partial charge in [0.15, 0.2) is 0 Å². The van der Waals surface area contributed by atoms with Crippen molar-refractivity contribution >= 4 is 39.1 Å². The number of aryl methyl sites for hydroxylation is 1. The van der Waals surface area contributed by atoms with Crippen LogP contribution in [0.2, 0.25) is 10.0 Å². The van der Waals surface area contributed by atoms with E-state index in [-0.39, 0.29) is 23.9 Å². The minimum Gasteiger partial charge on any atom is -0.355 e. The number of hydrogen-bond donors (Lipinski definition) is 1. The first kappa shape index (κ1) is 23.7. The maximum absolute atomic E-state index is 13.2. The second-order valence-corrected chi connectivity index (χ2v) is 9.60. The molecule has 0 radical (unpaired) electrons. The third-order valence-electron chi connectivity index (χ3n) is 4.48. The molecule has 0 atom stereocenters. The normalized spacial score (nSPS) is 11.6. The Labute approximate surface area is 183 Å². The molecule has 158 valence electrons. The van der Waals surface area contributed by atoms with Crippen molar-refractivity contribution in [2.45, 2.75) is 44.6 Å². The molecule has 29 heavy (non-hydrogen) atoms. The van der Waals surface area contributed by atoms with Crippen LogP contribution in [0.1, 0.15) is 37.3 Å². The van der Waals surface area contributed by atoms with Gasteiger partial charge in [-0.25, -0.2) is 8.42 Å². The minimum absolute atomic E-state index is 0.100. The Balaban J connectivity index is 2.29.